The zero-order valence-corrected chi connectivity index (χ0v) is 12.2. The summed E-state index contributed by atoms with van der Waals surface area (Å²) in [7, 11) is 0. The molecular formula is C15H19ClN2O. The van der Waals surface area contributed by atoms with Crippen molar-refractivity contribution in [2.75, 3.05) is 0 Å². The average molecular weight is 279 g/mol. The lowest BCUT2D eigenvalue weighted by atomic mass is 10.2. The summed E-state index contributed by atoms with van der Waals surface area (Å²) < 4.78 is 1.73. The van der Waals surface area contributed by atoms with Crippen LogP contribution < -0.4 is 5.56 Å². The van der Waals surface area contributed by atoms with Crippen molar-refractivity contribution in [2.45, 2.75) is 45.0 Å². The number of benzene rings is 1. The van der Waals surface area contributed by atoms with E-state index in [0.29, 0.717) is 17.8 Å². The molecule has 0 saturated carbocycles. The highest BCUT2D eigenvalue weighted by molar-refractivity contribution is 6.20. The highest BCUT2D eigenvalue weighted by atomic mass is 35.5. The summed E-state index contributed by atoms with van der Waals surface area (Å²) in [5, 5.41) is 0.402. The van der Waals surface area contributed by atoms with Gasteiger partial charge in [0.15, 0.2) is 0 Å². The van der Waals surface area contributed by atoms with Gasteiger partial charge < -0.3 is 0 Å². The number of unbranched alkanes of at least 4 members (excludes halogenated alkanes) is 2. The van der Waals surface area contributed by atoms with Crippen molar-refractivity contribution in [3.8, 4) is 0 Å². The van der Waals surface area contributed by atoms with Gasteiger partial charge in [0.1, 0.15) is 5.82 Å². The molecule has 0 spiro atoms. The van der Waals surface area contributed by atoms with Crippen molar-refractivity contribution in [2.24, 2.45) is 0 Å². The number of aromatic nitrogens is 2. The predicted octanol–water partition coefficient (Wildman–Crippen LogP) is 3.89. The van der Waals surface area contributed by atoms with Crippen molar-refractivity contribution >= 4 is 22.5 Å². The third kappa shape index (κ3) is 2.98. The Hall–Kier alpha value is -1.35. The van der Waals surface area contributed by atoms with Crippen molar-refractivity contribution in [1.29, 1.82) is 0 Å². The van der Waals surface area contributed by atoms with E-state index in [1.165, 1.54) is 0 Å². The van der Waals surface area contributed by atoms with Crippen LogP contribution in [0, 0.1) is 0 Å². The lowest BCUT2D eigenvalue weighted by molar-refractivity contribution is 0.558. The Labute approximate surface area is 118 Å². The number of hydrogen-bond donors (Lipinski definition) is 0. The molecule has 1 atom stereocenters. The second-order valence-corrected chi connectivity index (χ2v) is 5.42. The average Bonchev–Trinajstić information content (AvgIpc) is 2.41. The summed E-state index contributed by atoms with van der Waals surface area (Å²) >= 11 is 6.17. The van der Waals surface area contributed by atoms with Gasteiger partial charge in [0, 0.05) is 6.54 Å². The summed E-state index contributed by atoms with van der Waals surface area (Å²) in [5.74, 6) is 0.668. The van der Waals surface area contributed by atoms with E-state index >= 15 is 0 Å². The molecule has 1 aromatic carbocycles. The molecule has 2 rings (SSSR count). The Bertz CT molecular complexity index is 619. The van der Waals surface area contributed by atoms with E-state index in [1.807, 2.05) is 31.2 Å². The van der Waals surface area contributed by atoms with Crippen LogP contribution in [0.4, 0.5) is 0 Å². The first-order valence-corrected chi connectivity index (χ1v) is 7.22. The minimum atomic E-state index is -0.265. The lowest BCUT2D eigenvalue weighted by Gasteiger charge is -2.14. The van der Waals surface area contributed by atoms with E-state index in [2.05, 4.69) is 11.9 Å². The summed E-state index contributed by atoms with van der Waals surface area (Å²) in [6, 6.07) is 7.43. The van der Waals surface area contributed by atoms with Crippen LogP contribution in [0.15, 0.2) is 29.1 Å². The summed E-state index contributed by atoms with van der Waals surface area (Å²) in [4.78, 5) is 17.1. The van der Waals surface area contributed by atoms with E-state index in [9.17, 15) is 4.79 Å². The van der Waals surface area contributed by atoms with Crippen LogP contribution in [0.2, 0.25) is 0 Å². The first kappa shape index (κ1) is 14.1. The highest BCUT2D eigenvalue weighted by Crippen LogP contribution is 2.19. The molecule has 0 bridgehead atoms. The van der Waals surface area contributed by atoms with E-state index in [-0.39, 0.29) is 10.9 Å². The second-order valence-electron chi connectivity index (χ2n) is 4.77. The standard InChI is InChI=1S/C15H19ClN2O/c1-3-4-7-10-18-14(11(2)16)17-13-9-6-5-8-12(13)15(18)19/h5-6,8-9,11H,3-4,7,10H2,1-2H3. The van der Waals surface area contributed by atoms with Gasteiger partial charge in [0.25, 0.3) is 5.56 Å². The van der Waals surface area contributed by atoms with Crippen LogP contribution in [-0.4, -0.2) is 9.55 Å². The van der Waals surface area contributed by atoms with E-state index < -0.39 is 0 Å². The van der Waals surface area contributed by atoms with Crippen molar-refractivity contribution in [3.63, 3.8) is 0 Å². The topological polar surface area (TPSA) is 34.9 Å². The van der Waals surface area contributed by atoms with E-state index in [1.54, 1.807) is 4.57 Å². The van der Waals surface area contributed by atoms with Crippen LogP contribution in [0.5, 0.6) is 0 Å². The first-order chi connectivity index (χ1) is 9.15. The van der Waals surface area contributed by atoms with Gasteiger partial charge >= 0.3 is 0 Å². The molecule has 0 aliphatic rings. The number of alkyl halides is 1. The van der Waals surface area contributed by atoms with E-state index in [4.69, 9.17) is 11.6 Å². The molecule has 2 aromatic rings. The number of rotatable bonds is 5. The molecule has 0 fully saturated rings. The molecule has 1 heterocycles. The Kier molecular flexibility index (Phi) is 4.59. The summed E-state index contributed by atoms with van der Waals surface area (Å²) in [5.41, 5.74) is 0.742. The molecule has 102 valence electrons. The molecule has 0 saturated heterocycles. The molecule has 0 amide bonds. The van der Waals surface area contributed by atoms with E-state index in [0.717, 1.165) is 24.8 Å². The van der Waals surface area contributed by atoms with Crippen LogP contribution in [0.25, 0.3) is 10.9 Å². The van der Waals surface area contributed by atoms with Crippen molar-refractivity contribution < 1.29 is 0 Å². The van der Waals surface area contributed by atoms with Crippen LogP contribution in [-0.2, 0) is 6.54 Å². The zero-order valence-electron chi connectivity index (χ0n) is 11.4. The van der Waals surface area contributed by atoms with Crippen LogP contribution in [0.1, 0.15) is 44.3 Å². The van der Waals surface area contributed by atoms with Gasteiger partial charge in [-0.2, -0.15) is 0 Å². The maximum absolute atomic E-state index is 12.5. The number of nitrogens with zero attached hydrogens (tertiary/aromatic N) is 2. The third-order valence-corrected chi connectivity index (χ3v) is 3.43. The number of hydrogen-bond acceptors (Lipinski definition) is 2. The van der Waals surface area contributed by atoms with Gasteiger partial charge in [-0.1, -0.05) is 31.9 Å². The monoisotopic (exact) mass is 278 g/mol. The Balaban J connectivity index is 2.54. The number of fused-ring (bicyclic) bond motifs is 1. The van der Waals surface area contributed by atoms with Crippen molar-refractivity contribution in [1.82, 2.24) is 9.55 Å². The van der Waals surface area contributed by atoms with Crippen LogP contribution in [0.3, 0.4) is 0 Å². The highest BCUT2D eigenvalue weighted by Gasteiger charge is 2.14. The summed E-state index contributed by atoms with van der Waals surface area (Å²) in [6.07, 6.45) is 3.21. The molecule has 19 heavy (non-hydrogen) atoms. The second kappa shape index (κ2) is 6.20. The molecule has 4 heteroatoms. The molecule has 0 radical (unpaired) electrons. The molecule has 1 unspecified atom stereocenters. The molecule has 3 nitrogen and oxygen atoms in total. The third-order valence-electron chi connectivity index (χ3n) is 3.23. The van der Waals surface area contributed by atoms with Gasteiger partial charge in [0.05, 0.1) is 16.3 Å². The maximum atomic E-state index is 12.5. The van der Waals surface area contributed by atoms with Crippen LogP contribution >= 0.6 is 11.6 Å². The van der Waals surface area contributed by atoms with Gasteiger partial charge in [0.2, 0.25) is 0 Å². The Morgan fingerprint density at radius 3 is 2.74 bits per heavy atom. The van der Waals surface area contributed by atoms with Gasteiger partial charge in [-0.25, -0.2) is 4.98 Å². The maximum Gasteiger partial charge on any atom is 0.261 e. The Morgan fingerprint density at radius 1 is 1.32 bits per heavy atom. The SMILES string of the molecule is CCCCCn1c(C(C)Cl)nc2ccccc2c1=O. The fourth-order valence-corrected chi connectivity index (χ4v) is 2.39. The minimum absolute atomic E-state index is 0.0178. The Morgan fingerprint density at radius 2 is 2.05 bits per heavy atom. The smallest absolute Gasteiger partial charge is 0.261 e. The molecule has 0 N–H and O–H groups in total. The number of halogens is 1. The fraction of sp³-hybridized carbons (Fsp3) is 0.467. The summed E-state index contributed by atoms with van der Waals surface area (Å²) in [6.45, 7) is 4.69. The lowest BCUT2D eigenvalue weighted by Crippen LogP contribution is -2.25. The van der Waals surface area contributed by atoms with Crippen molar-refractivity contribution in [3.05, 3.63) is 40.4 Å². The van der Waals surface area contributed by atoms with Gasteiger partial charge in [-0.15, -0.1) is 11.6 Å². The molecule has 0 aliphatic heterocycles. The largest absolute Gasteiger partial charge is 0.295 e. The normalized spacial score (nSPS) is 12.8. The first-order valence-electron chi connectivity index (χ1n) is 6.78. The minimum Gasteiger partial charge on any atom is -0.295 e. The molecular weight excluding hydrogens is 260 g/mol. The predicted molar refractivity (Wildman–Crippen MR) is 79.8 cm³/mol. The van der Waals surface area contributed by atoms with Gasteiger partial charge in [-0.3, -0.25) is 9.36 Å². The zero-order chi connectivity index (χ0) is 13.8. The molecule has 0 aliphatic carbocycles. The fourth-order valence-electron chi connectivity index (χ4n) is 2.22. The molecule has 1 aromatic heterocycles. The van der Waals surface area contributed by atoms with Gasteiger partial charge in [-0.05, 0) is 25.5 Å². The quantitative estimate of drug-likeness (QED) is 0.614. The number of para-hydroxylation sites is 1.